The highest BCUT2D eigenvalue weighted by atomic mass is 32.1. The number of nitrogens with one attached hydrogen (secondary N) is 1. The number of hydrogen-bond donors (Lipinski definition) is 0. The van der Waals surface area contributed by atoms with Crippen molar-refractivity contribution in [2.75, 3.05) is 0 Å². The molecular weight excluding hydrogens is 96.1 g/mol. The Morgan fingerprint density at radius 2 is 2.67 bits per heavy atom. The second kappa shape index (κ2) is 1.26. The van der Waals surface area contributed by atoms with Crippen molar-refractivity contribution in [3.8, 4) is 0 Å². The molecular formula is C3H3N2S. The lowest BCUT2D eigenvalue weighted by Crippen LogP contribution is -1.45. The summed E-state index contributed by atoms with van der Waals surface area (Å²) in [5, 5.41) is 0.523. The summed E-state index contributed by atoms with van der Waals surface area (Å²) < 4.78 is 3.68. The van der Waals surface area contributed by atoms with Crippen molar-refractivity contribution in [2.45, 2.75) is 0 Å². The highest BCUT2D eigenvalue weighted by molar-refractivity contribution is 7.09. The van der Waals surface area contributed by atoms with Crippen molar-refractivity contribution in [1.29, 1.82) is 0 Å². The summed E-state index contributed by atoms with van der Waals surface area (Å²) >= 11 is 1.19. The van der Waals surface area contributed by atoms with Gasteiger partial charge in [-0.25, -0.2) is 0 Å². The van der Waals surface area contributed by atoms with Crippen molar-refractivity contribution in [3.63, 3.8) is 0 Å². The van der Waals surface area contributed by atoms with Gasteiger partial charge in [-0.1, -0.05) is 0 Å². The zero-order valence-corrected chi connectivity index (χ0v) is 3.83. The first-order valence-electron chi connectivity index (χ1n) is 1.52. The van der Waals surface area contributed by atoms with Gasteiger partial charge in [0, 0.05) is 6.20 Å². The lowest BCUT2D eigenvalue weighted by Gasteiger charge is -1.63. The van der Waals surface area contributed by atoms with Gasteiger partial charge in [-0.3, -0.25) is 5.73 Å². The van der Waals surface area contributed by atoms with E-state index in [4.69, 9.17) is 5.73 Å². The van der Waals surface area contributed by atoms with Crippen LogP contribution >= 0.6 is 11.5 Å². The highest BCUT2D eigenvalue weighted by Crippen LogP contribution is 2.05. The van der Waals surface area contributed by atoms with Crippen LogP contribution in [0.3, 0.4) is 0 Å². The van der Waals surface area contributed by atoms with Gasteiger partial charge in [-0.15, -0.1) is 0 Å². The Balaban J connectivity index is 3.05. The van der Waals surface area contributed by atoms with Gasteiger partial charge in [0.2, 0.25) is 0 Å². The molecule has 0 bridgehead atoms. The van der Waals surface area contributed by atoms with Crippen LogP contribution in [0.2, 0.25) is 0 Å². The smallest absolute Gasteiger partial charge is 0.127 e. The highest BCUT2D eigenvalue weighted by Gasteiger charge is 1.78. The summed E-state index contributed by atoms with van der Waals surface area (Å²) in [5.41, 5.74) is 6.83. The average molecular weight is 99.1 g/mol. The van der Waals surface area contributed by atoms with E-state index in [1.54, 1.807) is 12.3 Å². The van der Waals surface area contributed by atoms with E-state index < -0.39 is 0 Å². The molecule has 1 heterocycles. The third-order valence-electron chi connectivity index (χ3n) is 0.438. The normalized spacial score (nSPS) is 8.67. The van der Waals surface area contributed by atoms with Crippen molar-refractivity contribution in [3.05, 3.63) is 12.3 Å². The second-order valence-corrected chi connectivity index (χ2v) is 1.71. The van der Waals surface area contributed by atoms with Gasteiger partial charge in [-0.05, 0) is 17.6 Å². The summed E-state index contributed by atoms with van der Waals surface area (Å²) in [6.07, 6.45) is 1.62. The van der Waals surface area contributed by atoms with Crippen LogP contribution in [0.15, 0.2) is 12.3 Å². The van der Waals surface area contributed by atoms with E-state index in [1.165, 1.54) is 11.5 Å². The largest absolute Gasteiger partial charge is 0.289 e. The van der Waals surface area contributed by atoms with Crippen LogP contribution < -0.4 is 5.73 Å². The minimum atomic E-state index is 0.523. The van der Waals surface area contributed by atoms with Crippen LogP contribution in [-0.4, -0.2) is 4.37 Å². The van der Waals surface area contributed by atoms with Crippen molar-refractivity contribution in [2.24, 2.45) is 0 Å². The molecule has 0 spiro atoms. The van der Waals surface area contributed by atoms with E-state index in [1.807, 2.05) is 0 Å². The van der Waals surface area contributed by atoms with E-state index in [0.717, 1.165) is 0 Å². The molecule has 0 amide bonds. The SMILES string of the molecule is [NH]c1ccns1. The maximum absolute atomic E-state index is 6.83. The first-order valence-corrected chi connectivity index (χ1v) is 2.29. The number of hydrogen-bond acceptors (Lipinski definition) is 2. The molecule has 0 aliphatic rings. The maximum Gasteiger partial charge on any atom is 0.127 e. The summed E-state index contributed by atoms with van der Waals surface area (Å²) in [6.45, 7) is 0. The standard InChI is InChI=1S/C3H3N2S/c4-3-1-2-5-6-3/h1-2,4H. The Hall–Kier alpha value is -0.570. The van der Waals surface area contributed by atoms with E-state index in [0.29, 0.717) is 5.00 Å². The summed E-state index contributed by atoms with van der Waals surface area (Å²) in [7, 11) is 0. The predicted octanol–water partition coefficient (Wildman–Crippen LogP) is 1.06. The third-order valence-corrected chi connectivity index (χ3v) is 0.998. The minimum absolute atomic E-state index is 0.523. The Labute approximate surface area is 39.8 Å². The molecule has 31 valence electrons. The van der Waals surface area contributed by atoms with Gasteiger partial charge in [0.05, 0.1) is 0 Å². The topological polar surface area (TPSA) is 36.7 Å². The molecule has 3 heteroatoms. The molecule has 0 aromatic carbocycles. The van der Waals surface area contributed by atoms with Gasteiger partial charge in [-0.2, -0.15) is 4.37 Å². The molecule has 0 unspecified atom stereocenters. The van der Waals surface area contributed by atoms with E-state index in [2.05, 4.69) is 4.37 Å². The molecule has 1 rings (SSSR count). The molecule has 0 aliphatic carbocycles. The Bertz CT molecular complexity index is 112. The zero-order chi connectivity index (χ0) is 4.41. The average Bonchev–Trinajstić information content (AvgIpc) is 1.86. The molecule has 0 saturated heterocycles. The quantitative estimate of drug-likeness (QED) is 0.479. The maximum atomic E-state index is 6.83. The van der Waals surface area contributed by atoms with Crippen LogP contribution in [0.25, 0.3) is 0 Å². The lowest BCUT2D eigenvalue weighted by molar-refractivity contribution is 1.56. The fourth-order valence-electron chi connectivity index (χ4n) is 0.216. The van der Waals surface area contributed by atoms with Crippen molar-refractivity contribution < 1.29 is 0 Å². The van der Waals surface area contributed by atoms with Crippen LogP contribution in [0.1, 0.15) is 0 Å². The van der Waals surface area contributed by atoms with Gasteiger partial charge < -0.3 is 0 Å². The van der Waals surface area contributed by atoms with Crippen LogP contribution in [0.4, 0.5) is 5.00 Å². The molecule has 6 heavy (non-hydrogen) atoms. The molecule has 1 aromatic heterocycles. The van der Waals surface area contributed by atoms with Crippen LogP contribution in [0.5, 0.6) is 0 Å². The van der Waals surface area contributed by atoms with Gasteiger partial charge in [0.1, 0.15) is 5.00 Å². The van der Waals surface area contributed by atoms with Gasteiger partial charge >= 0.3 is 0 Å². The molecule has 0 aliphatic heterocycles. The van der Waals surface area contributed by atoms with Gasteiger partial charge in [0.25, 0.3) is 0 Å². The molecule has 0 atom stereocenters. The Kier molecular flexibility index (Phi) is 0.759. The second-order valence-electron chi connectivity index (χ2n) is 0.877. The zero-order valence-electron chi connectivity index (χ0n) is 3.01. The fourth-order valence-corrected chi connectivity index (χ4v) is 0.573. The predicted molar refractivity (Wildman–Crippen MR) is 24.9 cm³/mol. The molecule has 1 aromatic rings. The van der Waals surface area contributed by atoms with E-state index in [-0.39, 0.29) is 0 Å². The molecule has 2 nitrogen and oxygen atoms in total. The molecule has 0 fully saturated rings. The number of rotatable bonds is 0. The van der Waals surface area contributed by atoms with Crippen molar-refractivity contribution >= 4 is 16.5 Å². The van der Waals surface area contributed by atoms with Crippen LogP contribution in [-0.2, 0) is 0 Å². The fraction of sp³-hybridized carbons (Fsp3) is 0. The Morgan fingerprint density at radius 1 is 1.83 bits per heavy atom. The molecule has 1 N–H and O–H groups in total. The van der Waals surface area contributed by atoms with Gasteiger partial charge in [0.15, 0.2) is 0 Å². The van der Waals surface area contributed by atoms with Crippen LogP contribution in [0, 0.1) is 0 Å². The number of nitrogens with zero attached hydrogens (tertiary/aromatic N) is 1. The summed E-state index contributed by atoms with van der Waals surface area (Å²) in [5.74, 6) is 0. The Morgan fingerprint density at radius 3 is 2.83 bits per heavy atom. The molecule has 1 radical (unpaired) electrons. The first-order chi connectivity index (χ1) is 2.89. The monoisotopic (exact) mass is 99.0 g/mol. The van der Waals surface area contributed by atoms with E-state index >= 15 is 0 Å². The lowest BCUT2D eigenvalue weighted by atomic mass is 10.7. The third kappa shape index (κ3) is 0.490. The van der Waals surface area contributed by atoms with Crippen molar-refractivity contribution in [1.82, 2.24) is 10.1 Å². The first kappa shape index (κ1) is 3.61. The summed E-state index contributed by atoms with van der Waals surface area (Å²) in [6, 6.07) is 1.66. The number of aromatic nitrogens is 1. The summed E-state index contributed by atoms with van der Waals surface area (Å²) in [4.78, 5) is 0. The minimum Gasteiger partial charge on any atom is -0.289 e. The van der Waals surface area contributed by atoms with E-state index in [9.17, 15) is 0 Å². The molecule has 0 saturated carbocycles.